The lowest BCUT2D eigenvalue weighted by Crippen LogP contribution is -2.46. The Morgan fingerprint density at radius 1 is 0.864 bits per heavy atom. The number of aromatic nitrogens is 3. The number of nitrogens with one attached hydrogen (secondary N) is 3. The molecule has 344 valence electrons. The number of nitrogens with zero attached hydrogens (tertiary/aromatic N) is 7. The Bertz CT molecular complexity index is 2770. The number of carbonyl (C=O) groups excluding carboxylic acids is 3. The third-order valence-corrected chi connectivity index (χ3v) is 12.2. The summed E-state index contributed by atoms with van der Waals surface area (Å²) < 4.78 is 56.5. The fourth-order valence-corrected chi connectivity index (χ4v) is 8.65. The van der Waals surface area contributed by atoms with Crippen molar-refractivity contribution in [3.8, 4) is 6.07 Å². The maximum Gasteiger partial charge on any atom is 0.417 e. The second kappa shape index (κ2) is 19.8. The number of rotatable bonds is 15. The number of hydrogen-bond donors (Lipinski definition) is 3. The first kappa shape index (κ1) is 47.2. The van der Waals surface area contributed by atoms with Gasteiger partial charge < -0.3 is 25.4 Å². The van der Waals surface area contributed by atoms with Gasteiger partial charge in [-0.3, -0.25) is 34.0 Å². The van der Waals surface area contributed by atoms with E-state index in [0.717, 1.165) is 90.4 Å². The summed E-state index contributed by atoms with van der Waals surface area (Å²) in [6.45, 7) is 9.62. The number of thiocarbonyl (C=S) groups is 1. The molecule has 0 unspecified atom stereocenters. The molecule has 14 nitrogen and oxygen atoms in total. The predicted octanol–water partition coefficient (Wildman–Crippen LogP) is 6.87. The number of carbonyl (C=O) groups is 3. The average molecular weight is 925 g/mol. The lowest BCUT2D eigenvalue weighted by atomic mass is 10.0. The molecular weight excluding hydrogens is 877 g/mol. The molecule has 0 spiro atoms. The van der Waals surface area contributed by atoms with Gasteiger partial charge in [0.05, 0.1) is 51.4 Å². The van der Waals surface area contributed by atoms with Crippen molar-refractivity contribution in [2.75, 3.05) is 54.0 Å². The Labute approximate surface area is 383 Å². The zero-order valence-corrected chi connectivity index (χ0v) is 37.4. The standard InChI is InChI=1S/C47H48F4N10O4S/c1-4-30-22-39-40(57-41(30)62)21-29(26-55-39)28-58-17-19-59(20-18-58)34-12-14-38(56-27-34)43(64)54-16-8-6-5-7-15-53-42(63)35-13-11-33(24-37(35)48)61-45(66)60(44(65)46(61,2)3)32-10-9-31(25-52)36(23-32)47(49,50)51/h9-14,21-24,26-27H,4-8,15-20,28H2,1-3H3,(H,53,63)(H,54,64)(H,57,62). The predicted molar refractivity (Wildman–Crippen MR) is 246 cm³/mol. The molecule has 3 N–H and O–H groups in total. The van der Waals surface area contributed by atoms with Gasteiger partial charge in [0.2, 0.25) is 0 Å². The largest absolute Gasteiger partial charge is 0.417 e. The van der Waals surface area contributed by atoms with Crippen LogP contribution < -0.4 is 30.9 Å². The summed E-state index contributed by atoms with van der Waals surface area (Å²) in [5.74, 6) is -2.47. The minimum Gasteiger partial charge on any atom is -0.368 e. The number of pyridine rings is 3. The van der Waals surface area contributed by atoms with E-state index in [1.165, 1.54) is 43.0 Å². The number of fused-ring (bicyclic) bond motifs is 1. The molecule has 7 rings (SSSR count). The summed E-state index contributed by atoms with van der Waals surface area (Å²) in [5, 5.41) is 14.6. The third kappa shape index (κ3) is 10.2. The van der Waals surface area contributed by atoms with Crippen LogP contribution in [0.5, 0.6) is 0 Å². The van der Waals surface area contributed by atoms with E-state index in [-0.39, 0.29) is 40.1 Å². The molecule has 2 aliphatic rings. The molecule has 5 aromatic rings. The molecule has 2 aliphatic heterocycles. The van der Waals surface area contributed by atoms with E-state index in [2.05, 4.69) is 35.4 Å². The third-order valence-electron chi connectivity index (χ3n) is 11.8. The summed E-state index contributed by atoms with van der Waals surface area (Å²) in [4.78, 5) is 70.2. The van der Waals surface area contributed by atoms with E-state index in [1.54, 1.807) is 12.3 Å². The van der Waals surface area contributed by atoms with Crippen LogP contribution in [0.25, 0.3) is 11.0 Å². The van der Waals surface area contributed by atoms with Crippen molar-refractivity contribution in [1.82, 2.24) is 30.5 Å². The van der Waals surface area contributed by atoms with Crippen molar-refractivity contribution in [3.63, 3.8) is 0 Å². The highest BCUT2D eigenvalue weighted by atomic mass is 32.1. The number of hydrogen-bond acceptors (Lipinski definition) is 10. The Morgan fingerprint density at radius 2 is 1.55 bits per heavy atom. The molecular formula is C47H48F4N10O4S. The number of benzene rings is 2. The van der Waals surface area contributed by atoms with E-state index >= 15 is 4.39 Å². The van der Waals surface area contributed by atoms with Gasteiger partial charge in [-0.15, -0.1) is 0 Å². The van der Waals surface area contributed by atoms with Crippen LogP contribution in [0.4, 0.5) is 34.6 Å². The van der Waals surface area contributed by atoms with Gasteiger partial charge in [0.25, 0.3) is 23.3 Å². The second-order valence-corrected chi connectivity index (χ2v) is 17.0. The SMILES string of the molecule is CCc1cc2ncc(CN3CCN(c4ccc(C(=O)NCCCCCCNC(=O)c5ccc(N6C(=S)N(c7ccc(C#N)c(C(F)(F)F)c7)C(=O)C6(C)C)cc5F)nc4)CC3)cc2[nH]c1=O. The lowest BCUT2D eigenvalue weighted by Gasteiger charge is -2.36. The highest BCUT2D eigenvalue weighted by Crippen LogP contribution is 2.40. The van der Waals surface area contributed by atoms with E-state index in [4.69, 9.17) is 12.2 Å². The Kier molecular flexibility index (Phi) is 14.1. The van der Waals surface area contributed by atoms with Crippen LogP contribution in [0.3, 0.4) is 0 Å². The first-order valence-electron chi connectivity index (χ1n) is 21.6. The van der Waals surface area contributed by atoms with Crippen LogP contribution in [0.2, 0.25) is 0 Å². The number of nitriles is 1. The van der Waals surface area contributed by atoms with Crippen LogP contribution >= 0.6 is 12.2 Å². The first-order chi connectivity index (χ1) is 31.5. The molecule has 2 fully saturated rings. The number of aromatic amines is 1. The van der Waals surface area contributed by atoms with Gasteiger partial charge in [-0.2, -0.15) is 18.4 Å². The van der Waals surface area contributed by atoms with E-state index in [1.807, 2.05) is 31.3 Å². The second-order valence-electron chi connectivity index (χ2n) is 16.7. The number of H-pyrrole nitrogens is 1. The van der Waals surface area contributed by atoms with Gasteiger partial charge in [0.15, 0.2) is 5.11 Å². The number of anilines is 3. The molecule has 0 atom stereocenters. The number of alkyl halides is 3. The van der Waals surface area contributed by atoms with Gasteiger partial charge in [0, 0.05) is 63.3 Å². The minimum atomic E-state index is -4.86. The molecule has 5 heterocycles. The van der Waals surface area contributed by atoms with Crippen molar-refractivity contribution in [2.45, 2.75) is 71.1 Å². The molecule has 2 saturated heterocycles. The maximum atomic E-state index is 15.4. The molecule has 2 aromatic carbocycles. The first-order valence-corrected chi connectivity index (χ1v) is 22.0. The molecule has 0 bridgehead atoms. The highest BCUT2D eigenvalue weighted by molar-refractivity contribution is 7.81. The Balaban J connectivity index is 0.806. The Hall–Kier alpha value is -6.78. The van der Waals surface area contributed by atoms with Gasteiger partial charge >= 0.3 is 6.18 Å². The highest BCUT2D eigenvalue weighted by Gasteiger charge is 2.51. The number of unbranched alkanes of at least 4 members (excludes halogenated alkanes) is 3. The normalized spacial score (nSPS) is 15.3. The lowest BCUT2D eigenvalue weighted by molar-refractivity contribution is -0.137. The van der Waals surface area contributed by atoms with Crippen molar-refractivity contribution in [2.24, 2.45) is 0 Å². The van der Waals surface area contributed by atoms with Crippen molar-refractivity contribution in [3.05, 3.63) is 123 Å². The smallest absolute Gasteiger partial charge is 0.368 e. The maximum absolute atomic E-state index is 15.4. The van der Waals surface area contributed by atoms with Crippen molar-refractivity contribution >= 4 is 63.1 Å². The average Bonchev–Trinajstić information content (AvgIpc) is 3.47. The quantitative estimate of drug-likeness (QED) is 0.0569. The fraction of sp³-hybridized carbons (Fsp3) is 0.362. The molecule has 19 heteroatoms. The fourth-order valence-electron chi connectivity index (χ4n) is 8.13. The van der Waals surface area contributed by atoms with Crippen LogP contribution in [-0.2, 0) is 23.9 Å². The van der Waals surface area contributed by atoms with E-state index < -0.39 is 40.5 Å². The van der Waals surface area contributed by atoms with E-state index in [9.17, 15) is 37.6 Å². The molecule has 3 amide bonds. The summed E-state index contributed by atoms with van der Waals surface area (Å²) in [6.07, 6.45) is 2.20. The molecule has 66 heavy (non-hydrogen) atoms. The molecule has 0 aliphatic carbocycles. The minimum absolute atomic E-state index is 0.0773. The van der Waals surface area contributed by atoms with Crippen LogP contribution in [0.15, 0.2) is 77.9 Å². The number of piperazine rings is 1. The van der Waals surface area contributed by atoms with Crippen molar-refractivity contribution in [1.29, 1.82) is 5.26 Å². The summed E-state index contributed by atoms with van der Waals surface area (Å²) in [6, 6.07) is 15.5. The zero-order valence-electron chi connectivity index (χ0n) is 36.6. The van der Waals surface area contributed by atoms with Gasteiger partial charge in [0.1, 0.15) is 17.1 Å². The molecule has 3 aromatic heterocycles. The van der Waals surface area contributed by atoms with Gasteiger partial charge in [-0.05, 0) is 112 Å². The summed E-state index contributed by atoms with van der Waals surface area (Å²) >= 11 is 5.53. The molecule has 0 saturated carbocycles. The van der Waals surface area contributed by atoms with Crippen LogP contribution in [0.1, 0.15) is 89.6 Å². The summed E-state index contributed by atoms with van der Waals surface area (Å²) in [7, 11) is 0. The zero-order chi connectivity index (χ0) is 47.3. The monoisotopic (exact) mass is 924 g/mol. The topological polar surface area (TPSA) is 171 Å². The van der Waals surface area contributed by atoms with Crippen LogP contribution in [0, 0.1) is 17.1 Å². The van der Waals surface area contributed by atoms with Crippen molar-refractivity contribution < 1.29 is 31.9 Å². The van der Waals surface area contributed by atoms with Gasteiger partial charge in [-0.25, -0.2) is 9.37 Å². The van der Waals surface area contributed by atoms with E-state index in [0.29, 0.717) is 37.6 Å². The number of aryl methyl sites for hydroxylation is 1. The number of amides is 3. The Morgan fingerprint density at radius 3 is 2.18 bits per heavy atom. The summed E-state index contributed by atoms with van der Waals surface area (Å²) in [5.41, 5.74) is 0.853. The number of halogens is 4. The van der Waals surface area contributed by atoms with Gasteiger partial charge in [-0.1, -0.05) is 19.8 Å². The van der Waals surface area contributed by atoms with Crippen LogP contribution in [-0.4, -0.2) is 87.5 Å². The molecule has 0 radical (unpaired) electrons.